The number of likely N-dealkylation sites (tertiary alicyclic amines) is 1. The van der Waals surface area contributed by atoms with E-state index >= 15 is 0 Å². The van der Waals surface area contributed by atoms with Gasteiger partial charge in [0.15, 0.2) is 12.4 Å². The van der Waals surface area contributed by atoms with Crippen molar-refractivity contribution in [2.75, 3.05) is 26.3 Å². The van der Waals surface area contributed by atoms with Crippen LogP contribution >= 0.6 is 0 Å². The summed E-state index contributed by atoms with van der Waals surface area (Å²) in [7, 11) is 0. The number of aliphatic hydroxyl groups excluding tert-OH is 1. The SMILES string of the molecule is CCCCCC1(CCCCC)O[C@@H]2[C@@H](C=C(C(=O)N3CCC[C@@H]3C(=O)NCCO)C[C@H]2OC(=O)c2cccc(C=CC(=O)OCC(F)(F)F)c2)O1. The first-order chi connectivity index (χ1) is 24.4. The Bertz CT molecular complexity index is 1420. The number of halogens is 3. The fourth-order valence-electron chi connectivity index (χ4n) is 6.69. The lowest BCUT2D eigenvalue weighted by Crippen LogP contribution is -2.49. The maximum absolute atomic E-state index is 14.0. The number of nitrogens with zero attached hydrogens (tertiary/aromatic N) is 1. The van der Waals surface area contributed by atoms with Crippen LogP contribution in [0.1, 0.15) is 100 Å². The molecule has 14 heteroatoms. The second kappa shape index (κ2) is 18.7. The number of unbranched alkanes of at least 4 members (excludes halogenated alkanes) is 4. The van der Waals surface area contributed by atoms with Crippen molar-refractivity contribution in [1.29, 1.82) is 0 Å². The van der Waals surface area contributed by atoms with Crippen molar-refractivity contribution in [1.82, 2.24) is 10.2 Å². The number of rotatable bonds is 17. The van der Waals surface area contributed by atoms with Gasteiger partial charge in [-0.25, -0.2) is 9.59 Å². The Labute approximate surface area is 296 Å². The molecule has 2 N–H and O–H groups in total. The van der Waals surface area contributed by atoms with Gasteiger partial charge in [0.1, 0.15) is 24.4 Å². The molecule has 1 aromatic carbocycles. The Hall–Kier alpha value is -3.75. The van der Waals surface area contributed by atoms with Gasteiger partial charge in [0.05, 0.1) is 12.2 Å². The number of fused-ring (bicyclic) bond motifs is 1. The van der Waals surface area contributed by atoms with Crippen LogP contribution in [0, 0.1) is 0 Å². The number of carbonyl (C=O) groups excluding carboxylic acids is 4. The Balaban J connectivity index is 1.57. The van der Waals surface area contributed by atoms with Gasteiger partial charge in [-0.2, -0.15) is 13.2 Å². The summed E-state index contributed by atoms with van der Waals surface area (Å²) < 4.78 is 60.8. The van der Waals surface area contributed by atoms with E-state index in [9.17, 15) is 32.3 Å². The highest BCUT2D eigenvalue weighted by Gasteiger charge is 2.53. The quantitative estimate of drug-likeness (QED) is 0.123. The number of nitrogens with one attached hydrogen (secondary N) is 1. The lowest BCUT2D eigenvalue weighted by Gasteiger charge is -2.33. The summed E-state index contributed by atoms with van der Waals surface area (Å²) in [6.45, 7) is 2.71. The zero-order valence-electron chi connectivity index (χ0n) is 29.3. The summed E-state index contributed by atoms with van der Waals surface area (Å²) in [5, 5.41) is 11.8. The second-order valence-corrected chi connectivity index (χ2v) is 13.2. The maximum Gasteiger partial charge on any atom is 0.422 e. The molecule has 0 unspecified atom stereocenters. The fraction of sp³-hybridized carbons (Fsp3) is 0.622. The lowest BCUT2D eigenvalue weighted by atomic mass is 9.91. The Morgan fingerprint density at radius 3 is 2.47 bits per heavy atom. The summed E-state index contributed by atoms with van der Waals surface area (Å²) in [4.78, 5) is 53.8. The molecule has 2 fully saturated rings. The molecule has 4 atom stereocenters. The number of amides is 2. The lowest BCUT2D eigenvalue weighted by molar-refractivity contribution is -0.190. The monoisotopic (exact) mass is 722 g/mol. The first kappa shape index (κ1) is 40.0. The third-order valence-corrected chi connectivity index (χ3v) is 9.17. The van der Waals surface area contributed by atoms with Crippen molar-refractivity contribution < 1.29 is 56.4 Å². The van der Waals surface area contributed by atoms with Crippen molar-refractivity contribution in [3.05, 3.63) is 53.1 Å². The van der Waals surface area contributed by atoms with Gasteiger partial charge in [0, 0.05) is 44.0 Å². The van der Waals surface area contributed by atoms with Gasteiger partial charge >= 0.3 is 18.1 Å². The molecule has 2 saturated heterocycles. The normalized spacial score (nSPS) is 22.8. The maximum atomic E-state index is 14.0. The van der Waals surface area contributed by atoms with Crippen LogP contribution in [0.3, 0.4) is 0 Å². The molecule has 2 amide bonds. The van der Waals surface area contributed by atoms with E-state index in [4.69, 9.17) is 19.3 Å². The number of esters is 2. The van der Waals surface area contributed by atoms with Gasteiger partial charge in [-0.3, -0.25) is 9.59 Å². The summed E-state index contributed by atoms with van der Waals surface area (Å²) in [5.41, 5.74) is 0.791. The molecule has 51 heavy (non-hydrogen) atoms. The van der Waals surface area contributed by atoms with Gasteiger partial charge in [-0.1, -0.05) is 51.7 Å². The molecule has 1 aliphatic carbocycles. The fourth-order valence-corrected chi connectivity index (χ4v) is 6.69. The Morgan fingerprint density at radius 2 is 1.80 bits per heavy atom. The zero-order chi connectivity index (χ0) is 37.0. The molecular formula is C37H49F3N2O9. The third kappa shape index (κ3) is 11.4. The predicted molar refractivity (Wildman–Crippen MR) is 180 cm³/mol. The molecule has 0 aromatic heterocycles. The number of hydrogen-bond acceptors (Lipinski definition) is 9. The minimum atomic E-state index is -4.66. The van der Waals surface area contributed by atoms with E-state index in [1.54, 1.807) is 12.1 Å². The molecule has 0 spiro atoms. The Morgan fingerprint density at radius 1 is 1.08 bits per heavy atom. The highest BCUT2D eigenvalue weighted by atomic mass is 19.4. The summed E-state index contributed by atoms with van der Waals surface area (Å²) in [6, 6.07) is 5.30. The smallest absolute Gasteiger partial charge is 0.422 e. The van der Waals surface area contributed by atoms with Crippen LogP contribution < -0.4 is 5.32 Å². The number of benzene rings is 1. The number of ether oxygens (including phenoxy) is 4. The van der Waals surface area contributed by atoms with Crippen molar-refractivity contribution >= 4 is 29.8 Å². The molecule has 4 rings (SSSR count). The summed E-state index contributed by atoms with van der Waals surface area (Å²) in [6.07, 6.45) is 4.90. The summed E-state index contributed by atoms with van der Waals surface area (Å²) in [5.74, 6) is -3.56. The first-order valence-corrected chi connectivity index (χ1v) is 17.9. The number of hydrogen-bond donors (Lipinski definition) is 2. The molecule has 0 radical (unpaired) electrons. The van der Waals surface area contributed by atoms with E-state index in [0.717, 1.165) is 44.6 Å². The van der Waals surface area contributed by atoms with E-state index < -0.39 is 54.9 Å². The highest BCUT2D eigenvalue weighted by Crippen LogP contribution is 2.43. The number of alkyl halides is 3. The molecule has 282 valence electrons. The van der Waals surface area contributed by atoms with Crippen molar-refractivity contribution in [3.63, 3.8) is 0 Å². The van der Waals surface area contributed by atoms with E-state index in [1.807, 2.05) is 0 Å². The van der Waals surface area contributed by atoms with E-state index in [-0.39, 0.29) is 37.0 Å². The van der Waals surface area contributed by atoms with E-state index in [0.29, 0.717) is 43.4 Å². The average Bonchev–Trinajstić information content (AvgIpc) is 3.74. The van der Waals surface area contributed by atoms with Crippen LogP contribution in [0.2, 0.25) is 0 Å². The van der Waals surface area contributed by atoms with E-state index in [2.05, 4.69) is 23.9 Å². The van der Waals surface area contributed by atoms with Gasteiger partial charge in [0.2, 0.25) is 11.8 Å². The number of aliphatic hydroxyl groups is 1. The van der Waals surface area contributed by atoms with E-state index in [1.165, 1.54) is 29.2 Å². The minimum absolute atomic E-state index is 0.0151. The molecule has 0 saturated carbocycles. The Kier molecular flexibility index (Phi) is 14.6. The molecule has 2 aliphatic heterocycles. The molecule has 11 nitrogen and oxygen atoms in total. The van der Waals surface area contributed by atoms with Crippen molar-refractivity contribution in [2.45, 2.75) is 121 Å². The average molecular weight is 723 g/mol. The van der Waals surface area contributed by atoms with Crippen molar-refractivity contribution in [3.8, 4) is 0 Å². The van der Waals surface area contributed by atoms with Crippen molar-refractivity contribution in [2.24, 2.45) is 0 Å². The predicted octanol–water partition coefficient (Wildman–Crippen LogP) is 5.40. The summed E-state index contributed by atoms with van der Waals surface area (Å²) >= 11 is 0. The second-order valence-electron chi connectivity index (χ2n) is 13.2. The van der Waals surface area contributed by atoms with Crippen LogP contribution in [0.4, 0.5) is 13.2 Å². The van der Waals surface area contributed by atoms with Crippen LogP contribution in [0.15, 0.2) is 42.0 Å². The van der Waals surface area contributed by atoms with Gasteiger partial charge < -0.3 is 34.3 Å². The highest BCUT2D eigenvalue weighted by molar-refractivity contribution is 5.98. The molecule has 0 bridgehead atoms. The number of carbonyl (C=O) groups is 4. The molecular weight excluding hydrogens is 673 g/mol. The third-order valence-electron chi connectivity index (χ3n) is 9.17. The standard InChI is InChI=1S/C37H49F3N2O9/c1-3-5-7-16-36(17-8-6-4-2)50-30-23-27(34(46)42-19-10-13-28(42)33(45)41-18-20-43)22-29(32(30)51-36)49-35(47)26-12-9-11-25(21-26)14-15-31(44)48-24-37(38,39)40/h9,11-12,14-15,21,23,28-30,32,43H,3-8,10,13,16-20,22,24H2,1-2H3,(H,41,45)/t28-,29-,30-,32+/m1/s1. The van der Waals surface area contributed by atoms with Crippen LogP contribution in [0.25, 0.3) is 6.08 Å². The van der Waals surface area contributed by atoms with Gasteiger partial charge in [-0.15, -0.1) is 0 Å². The van der Waals surface area contributed by atoms with Crippen LogP contribution in [-0.4, -0.2) is 96.4 Å². The molecule has 1 aromatic rings. The topological polar surface area (TPSA) is 141 Å². The molecule has 2 heterocycles. The van der Waals surface area contributed by atoms with Gasteiger partial charge in [0.25, 0.3) is 0 Å². The largest absolute Gasteiger partial charge is 0.456 e. The molecule has 3 aliphatic rings. The zero-order valence-corrected chi connectivity index (χ0v) is 29.3. The first-order valence-electron chi connectivity index (χ1n) is 17.9. The minimum Gasteiger partial charge on any atom is -0.456 e. The van der Waals surface area contributed by atoms with Crippen LogP contribution in [0.5, 0.6) is 0 Å². The van der Waals surface area contributed by atoms with Crippen LogP contribution in [-0.2, 0) is 33.3 Å². The van der Waals surface area contributed by atoms with Gasteiger partial charge in [-0.05, 0) is 55.5 Å².